The Balaban J connectivity index is 1.72. The van der Waals surface area contributed by atoms with Gasteiger partial charge in [0, 0.05) is 39.3 Å². The van der Waals surface area contributed by atoms with Crippen LogP contribution in [-0.4, -0.2) is 109 Å². The van der Waals surface area contributed by atoms with Crippen LogP contribution in [0.2, 0.25) is 0 Å². The predicted octanol–water partition coefficient (Wildman–Crippen LogP) is 2.89. The average molecular weight is 650 g/mol. The van der Waals surface area contributed by atoms with E-state index in [0.717, 1.165) is 32.1 Å². The number of methoxy groups -OCH3 is 2. The molecule has 9 atom stereocenters. The highest BCUT2D eigenvalue weighted by molar-refractivity contribution is 5.91. The van der Waals surface area contributed by atoms with Gasteiger partial charge in [-0.25, -0.2) is 0 Å². The first kappa shape index (κ1) is 38.4. The van der Waals surface area contributed by atoms with Crippen molar-refractivity contribution in [2.24, 2.45) is 28.9 Å². The number of carbonyl (C=O) groups is 4. The monoisotopic (exact) mass is 649 g/mol. The summed E-state index contributed by atoms with van der Waals surface area (Å²) in [6.45, 7) is 16.2. The molecule has 4 N–H and O–H groups in total. The lowest BCUT2D eigenvalue weighted by Gasteiger charge is -2.41. The summed E-state index contributed by atoms with van der Waals surface area (Å²) in [6, 6.07) is -1.42. The summed E-state index contributed by atoms with van der Waals surface area (Å²) in [4.78, 5) is 57.5. The second kappa shape index (κ2) is 15.0. The third kappa shape index (κ3) is 7.96. The molecule has 11 heteroatoms. The first-order valence-corrected chi connectivity index (χ1v) is 17.4. The lowest BCUT2D eigenvalue weighted by atomic mass is 9.81. The van der Waals surface area contributed by atoms with Crippen LogP contribution in [0.15, 0.2) is 0 Å². The lowest BCUT2D eigenvalue weighted by Crippen LogP contribution is -2.60. The van der Waals surface area contributed by atoms with Crippen molar-refractivity contribution in [1.29, 1.82) is 0 Å². The molecule has 3 fully saturated rings. The van der Waals surface area contributed by atoms with E-state index in [1.165, 1.54) is 6.42 Å². The molecule has 1 saturated heterocycles. The van der Waals surface area contributed by atoms with Crippen molar-refractivity contribution in [3.8, 4) is 0 Å². The number of nitrogens with one attached hydrogen (secondary N) is 2. The summed E-state index contributed by atoms with van der Waals surface area (Å²) in [7, 11) is 4.92. The Bertz CT molecular complexity index is 1110. The van der Waals surface area contributed by atoms with Crippen LogP contribution in [0.25, 0.3) is 0 Å². The van der Waals surface area contributed by atoms with Gasteiger partial charge in [-0.3, -0.25) is 19.2 Å². The maximum atomic E-state index is 14.0. The predicted molar refractivity (Wildman–Crippen MR) is 179 cm³/mol. The highest BCUT2D eigenvalue weighted by Crippen LogP contribution is 2.70. The molecule has 0 bridgehead atoms. The molecule has 0 spiro atoms. The minimum absolute atomic E-state index is 0.0101. The lowest BCUT2D eigenvalue weighted by molar-refractivity contribution is -0.147. The third-order valence-corrected chi connectivity index (χ3v) is 11.6. The van der Waals surface area contributed by atoms with Crippen molar-refractivity contribution in [3.05, 3.63) is 0 Å². The van der Waals surface area contributed by atoms with Gasteiger partial charge in [-0.05, 0) is 63.2 Å². The number of likely N-dealkylation sites (N-methyl/N-ethyl adjacent to an activating group) is 1. The highest BCUT2D eigenvalue weighted by Gasteiger charge is 2.70. The summed E-state index contributed by atoms with van der Waals surface area (Å²) < 4.78 is 11.9. The molecule has 2 saturated carbocycles. The zero-order valence-corrected chi connectivity index (χ0v) is 30.4. The normalized spacial score (nSPS) is 27.9. The van der Waals surface area contributed by atoms with Crippen LogP contribution >= 0.6 is 0 Å². The smallest absolute Gasteiger partial charge is 0.245 e. The van der Waals surface area contributed by atoms with E-state index in [-0.39, 0.29) is 53.4 Å². The minimum atomic E-state index is -1.14. The molecule has 2 aliphatic carbocycles. The van der Waals surface area contributed by atoms with Crippen LogP contribution in [0, 0.1) is 23.2 Å². The number of likely N-dealkylation sites (tertiary alicyclic amines) is 1. The van der Waals surface area contributed by atoms with Crippen molar-refractivity contribution in [2.45, 2.75) is 142 Å². The quantitative estimate of drug-likeness (QED) is 0.206. The van der Waals surface area contributed by atoms with E-state index in [9.17, 15) is 19.2 Å². The summed E-state index contributed by atoms with van der Waals surface area (Å²) in [5.41, 5.74) is 5.36. The molecule has 11 nitrogen and oxygen atoms in total. The fourth-order valence-corrected chi connectivity index (χ4v) is 7.83. The molecule has 9 unspecified atom stereocenters. The van der Waals surface area contributed by atoms with Crippen LogP contribution in [-0.2, 0) is 28.7 Å². The number of ether oxygens (including phenoxy) is 2. The summed E-state index contributed by atoms with van der Waals surface area (Å²) >= 11 is 0. The summed E-state index contributed by atoms with van der Waals surface area (Å²) in [5, 5.41) is 6.39. The number of carbonyl (C=O) groups excluding carboxylic acids is 4. The maximum absolute atomic E-state index is 14.0. The number of amides is 3. The van der Waals surface area contributed by atoms with Crippen molar-refractivity contribution >= 4 is 23.5 Å². The fourth-order valence-electron chi connectivity index (χ4n) is 7.83. The Hall–Kier alpha value is -2.08. The number of rotatable bonds is 18. The molecule has 264 valence electrons. The largest absolute Gasteiger partial charge is 0.379 e. The number of ketones is 1. The highest BCUT2D eigenvalue weighted by atomic mass is 16.5. The van der Waals surface area contributed by atoms with Gasteiger partial charge in [0.15, 0.2) is 5.78 Å². The van der Waals surface area contributed by atoms with E-state index in [0.29, 0.717) is 18.5 Å². The van der Waals surface area contributed by atoms with Gasteiger partial charge in [0.2, 0.25) is 17.7 Å². The number of Topliss-reactive ketones (excluding diaryl/α,β-unsaturated/α-hetero) is 1. The van der Waals surface area contributed by atoms with Crippen LogP contribution in [0.1, 0.15) is 100 Å². The molecular formula is C35H63N5O6. The van der Waals surface area contributed by atoms with Crippen molar-refractivity contribution in [3.63, 3.8) is 0 Å². The first-order chi connectivity index (χ1) is 21.4. The summed E-state index contributed by atoms with van der Waals surface area (Å²) in [5.74, 6) is -1.16. The number of nitrogens with two attached hydrogens (primary N) is 1. The second-order valence-corrected chi connectivity index (χ2v) is 15.6. The van der Waals surface area contributed by atoms with Crippen molar-refractivity contribution in [1.82, 2.24) is 20.4 Å². The zero-order chi connectivity index (χ0) is 34.8. The van der Waals surface area contributed by atoms with Gasteiger partial charge in [-0.15, -0.1) is 0 Å². The van der Waals surface area contributed by atoms with Crippen LogP contribution in [0.3, 0.4) is 0 Å². The third-order valence-electron chi connectivity index (χ3n) is 11.6. The molecule has 3 rings (SSSR count). The van der Waals surface area contributed by atoms with Crippen LogP contribution < -0.4 is 16.4 Å². The van der Waals surface area contributed by atoms with E-state index >= 15 is 0 Å². The molecule has 46 heavy (non-hydrogen) atoms. The van der Waals surface area contributed by atoms with Gasteiger partial charge in [0.1, 0.15) is 6.04 Å². The van der Waals surface area contributed by atoms with E-state index in [2.05, 4.69) is 17.6 Å². The van der Waals surface area contributed by atoms with Crippen molar-refractivity contribution < 1.29 is 28.7 Å². The van der Waals surface area contributed by atoms with Gasteiger partial charge >= 0.3 is 0 Å². The summed E-state index contributed by atoms with van der Waals surface area (Å²) in [6.07, 6.45) is 4.92. The van der Waals surface area contributed by atoms with E-state index in [4.69, 9.17) is 15.2 Å². The number of hydrogen-bond donors (Lipinski definition) is 3. The second-order valence-electron chi connectivity index (χ2n) is 15.6. The van der Waals surface area contributed by atoms with E-state index in [1.807, 2.05) is 39.5 Å². The molecule has 0 aromatic carbocycles. The molecule has 3 aliphatic rings. The van der Waals surface area contributed by atoms with Crippen molar-refractivity contribution in [2.75, 3.05) is 34.4 Å². The topological polar surface area (TPSA) is 143 Å². The van der Waals surface area contributed by atoms with Gasteiger partial charge in [-0.1, -0.05) is 48.0 Å². The van der Waals surface area contributed by atoms with Gasteiger partial charge in [-0.2, -0.15) is 0 Å². The zero-order valence-electron chi connectivity index (χ0n) is 30.4. The van der Waals surface area contributed by atoms with E-state index in [1.54, 1.807) is 40.0 Å². The fraction of sp³-hybridized carbons (Fsp3) is 0.886. The minimum Gasteiger partial charge on any atom is -0.379 e. The average Bonchev–Trinajstić information content (AvgIpc) is 3.29. The Labute approximate surface area is 277 Å². The first-order valence-electron chi connectivity index (χ1n) is 17.4. The molecule has 1 aliphatic heterocycles. The van der Waals surface area contributed by atoms with Gasteiger partial charge in [0.25, 0.3) is 0 Å². The Morgan fingerprint density at radius 2 is 1.74 bits per heavy atom. The molecule has 0 radical (unpaired) electrons. The maximum Gasteiger partial charge on any atom is 0.245 e. The molecular weight excluding hydrogens is 586 g/mol. The Morgan fingerprint density at radius 3 is 2.20 bits per heavy atom. The number of nitrogens with zero attached hydrogens (tertiary/aromatic N) is 2. The Kier molecular flexibility index (Phi) is 12.5. The number of fused-ring (bicyclic) bond motifs is 1. The van der Waals surface area contributed by atoms with Crippen LogP contribution in [0.5, 0.6) is 0 Å². The standard InChI is InChI=1S/C35H63N5O6/c1-12-22(4)29(39(9)31(43)28(21(2)3)38-32(44)33(6,7)36)26(45-10)18-27(42)40-17-13-14-24(40)30(46-11)23(5)25(41)19-37-35-16-15-34(35,8)20-35/h21-24,26,28-30,37H,12-20,36H2,1-11H3,(H,38,44). The molecule has 0 aromatic rings. The molecule has 3 amide bonds. The SMILES string of the molecule is CCC(C)C(C(CC(=O)N1CCCC1C(OC)C(C)C(=O)CNC12CCC1(C)C2)OC)N(C)C(=O)C(NC(=O)C(C)(C)N)C(C)C. The number of hydrogen-bond acceptors (Lipinski definition) is 8. The van der Waals surface area contributed by atoms with Gasteiger partial charge < -0.3 is 35.6 Å². The molecule has 1 heterocycles. The van der Waals surface area contributed by atoms with Crippen LogP contribution in [0.4, 0.5) is 0 Å². The Morgan fingerprint density at radius 1 is 1.09 bits per heavy atom. The van der Waals surface area contributed by atoms with E-state index < -0.39 is 35.7 Å². The van der Waals surface area contributed by atoms with Gasteiger partial charge in [0.05, 0.1) is 42.8 Å². The molecule has 0 aromatic heterocycles.